The number of ether oxygens (including phenoxy) is 1. The van der Waals surface area contributed by atoms with Crippen molar-refractivity contribution in [2.75, 3.05) is 7.11 Å². The quantitative estimate of drug-likeness (QED) is 0.601. The van der Waals surface area contributed by atoms with Crippen molar-refractivity contribution in [3.8, 4) is 6.07 Å². The Kier molecular flexibility index (Phi) is 2.80. The first kappa shape index (κ1) is 7.65. The molecule has 0 fully saturated rings. The van der Waals surface area contributed by atoms with Crippen molar-refractivity contribution in [3.63, 3.8) is 0 Å². The van der Waals surface area contributed by atoms with E-state index in [-0.39, 0.29) is 4.82 Å². The van der Waals surface area contributed by atoms with Crippen molar-refractivity contribution in [3.05, 3.63) is 11.8 Å². The van der Waals surface area contributed by atoms with Gasteiger partial charge < -0.3 is 0 Å². The Labute approximate surface area is 67.0 Å². The molecule has 1 unspecified atom stereocenters. The molecule has 54 valence electrons. The molecule has 3 heteroatoms. The summed E-state index contributed by atoms with van der Waals surface area (Å²) in [6.45, 7) is 0. The summed E-state index contributed by atoms with van der Waals surface area (Å²) in [6.07, 6.45) is 2.92. The molecule has 2 nitrogen and oxygen atoms in total. The Morgan fingerprint density at radius 3 is 3.10 bits per heavy atom. The van der Waals surface area contributed by atoms with Gasteiger partial charge in [0.15, 0.2) is 0 Å². The molecule has 0 amide bonds. The molecule has 0 aromatic carbocycles. The van der Waals surface area contributed by atoms with Crippen LogP contribution in [0.4, 0.5) is 0 Å². The third kappa shape index (κ3) is 1.76. The maximum absolute atomic E-state index is 8.55. The predicted octanol–water partition coefficient (Wildman–Crippen LogP) is 1.35. The molecule has 0 saturated carbocycles. The van der Waals surface area contributed by atoms with E-state index in [1.54, 1.807) is 7.11 Å². The minimum atomic E-state index is 0.284. The van der Waals surface area contributed by atoms with E-state index < -0.39 is 0 Å². The Balaban J connectivity index is 2.46. The van der Waals surface area contributed by atoms with Crippen molar-refractivity contribution in [1.29, 1.82) is 5.26 Å². The van der Waals surface area contributed by atoms with E-state index >= 15 is 0 Å². The number of rotatable bonds is 1. The molecule has 1 rings (SSSR count). The number of allylic oxidation sites excluding steroid dienone is 2. The van der Waals surface area contributed by atoms with Crippen LogP contribution in [0.2, 0.25) is 10.1 Å². The first-order chi connectivity index (χ1) is 4.86. The van der Waals surface area contributed by atoms with E-state index in [4.69, 9.17) is 10.00 Å². The van der Waals surface area contributed by atoms with Crippen molar-refractivity contribution < 1.29 is 4.74 Å². The van der Waals surface area contributed by atoms with Crippen molar-refractivity contribution in [2.45, 2.75) is 16.6 Å². The zero-order valence-corrected chi connectivity index (χ0v) is 7.55. The molecular formula is C7H9NOSe. The van der Waals surface area contributed by atoms with Gasteiger partial charge in [0.2, 0.25) is 0 Å². The van der Waals surface area contributed by atoms with Crippen LogP contribution in [0.1, 0.15) is 6.42 Å². The normalized spacial score (nSPS) is 24.8. The number of hydrogen-bond acceptors (Lipinski definition) is 2. The van der Waals surface area contributed by atoms with Gasteiger partial charge in [0, 0.05) is 0 Å². The minimum absolute atomic E-state index is 0.284. The molecule has 0 bridgehead atoms. The second-order valence-electron chi connectivity index (χ2n) is 2.04. The van der Waals surface area contributed by atoms with Gasteiger partial charge in [0.25, 0.3) is 0 Å². The number of methoxy groups -OCH3 is 1. The number of nitrogens with zero attached hydrogens (tertiary/aromatic N) is 1. The summed E-state index contributed by atoms with van der Waals surface area (Å²) in [6, 6.07) is 2.28. The van der Waals surface area contributed by atoms with Gasteiger partial charge in [-0.05, 0) is 0 Å². The van der Waals surface area contributed by atoms with Crippen LogP contribution in [-0.2, 0) is 4.74 Å². The summed E-state index contributed by atoms with van der Waals surface area (Å²) in [7, 11) is 1.69. The van der Waals surface area contributed by atoms with Gasteiger partial charge in [-0.15, -0.1) is 0 Å². The molecule has 10 heavy (non-hydrogen) atoms. The third-order valence-corrected chi connectivity index (χ3v) is 3.81. The van der Waals surface area contributed by atoms with Gasteiger partial charge in [0.1, 0.15) is 0 Å². The van der Waals surface area contributed by atoms with E-state index in [0.717, 1.165) is 17.5 Å². The van der Waals surface area contributed by atoms with Crippen LogP contribution in [0.25, 0.3) is 0 Å². The molecule has 1 atom stereocenters. The number of hydrogen-bond donors (Lipinski definition) is 0. The van der Waals surface area contributed by atoms with Gasteiger partial charge in [-0.25, -0.2) is 0 Å². The molecule has 1 aliphatic rings. The first-order valence-corrected chi connectivity index (χ1v) is 5.31. The summed E-state index contributed by atoms with van der Waals surface area (Å²) >= 11 is 0.439. The zero-order valence-electron chi connectivity index (χ0n) is 5.83. The fraction of sp³-hybridized carbons (Fsp3) is 0.571. The van der Waals surface area contributed by atoms with E-state index in [1.165, 1.54) is 0 Å². The molecule has 0 aliphatic carbocycles. The zero-order chi connectivity index (χ0) is 7.40. The average Bonchev–Trinajstić information content (AvgIpc) is 2.05. The SMILES string of the molecule is COC1=CCC(C#N)[Se]C1. The first-order valence-electron chi connectivity index (χ1n) is 3.11. The Morgan fingerprint density at radius 2 is 2.70 bits per heavy atom. The van der Waals surface area contributed by atoms with Gasteiger partial charge in [-0.3, -0.25) is 0 Å². The van der Waals surface area contributed by atoms with E-state index in [2.05, 4.69) is 6.07 Å². The summed E-state index contributed by atoms with van der Waals surface area (Å²) in [4.78, 5) is 0.284. The van der Waals surface area contributed by atoms with Gasteiger partial charge in [0.05, 0.1) is 0 Å². The van der Waals surface area contributed by atoms with Crippen LogP contribution in [0.15, 0.2) is 11.8 Å². The summed E-state index contributed by atoms with van der Waals surface area (Å²) in [5, 5.41) is 9.53. The molecule has 1 aliphatic heterocycles. The van der Waals surface area contributed by atoms with E-state index in [0.29, 0.717) is 15.0 Å². The molecule has 0 aromatic heterocycles. The van der Waals surface area contributed by atoms with Crippen molar-refractivity contribution in [2.24, 2.45) is 0 Å². The molecule has 0 spiro atoms. The monoisotopic (exact) mass is 203 g/mol. The molecule has 0 radical (unpaired) electrons. The third-order valence-electron chi connectivity index (χ3n) is 1.39. The van der Waals surface area contributed by atoms with E-state index in [1.807, 2.05) is 6.08 Å². The van der Waals surface area contributed by atoms with Crippen molar-refractivity contribution in [1.82, 2.24) is 0 Å². The van der Waals surface area contributed by atoms with Crippen LogP contribution >= 0.6 is 0 Å². The molecule has 0 saturated heterocycles. The Morgan fingerprint density at radius 1 is 1.90 bits per heavy atom. The second-order valence-corrected chi connectivity index (χ2v) is 4.54. The molecule has 1 heterocycles. The van der Waals surface area contributed by atoms with Crippen LogP contribution in [0.5, 0.6) is 0 Å². The maximum atomic E-state index is 8.55. The Hall–Kier alpha value is -0.451. The predicted molar refractivity (Wildman–Crippen MR) is 39.6 cm³/mol. The summed E-state index contributed by atoms with van der Waals surface area (Å²) < 4.78 is 5.05. The molecular weight excluding hydrogens is 193 g/mol. The molecule has 0 N–H and O–H groups in total. The average molecular weight is 202 g/mol. The van der Waals surface area contributed by atoms with Crippen molar-refractivity contribution >= 4 is 15.0 Å². The second kappa shape index (κ2) is 3.65. The van der Waals surface area contributed by atoms with Gasteiger partial charge in [-0.1, -0.05) is 0 Å². The number of nitriles is 1. The van der Waals surface area contributed by atoms with E-state index in [9.17, 15) is 0 Å². The fourth-order valence-electron chi connectivity index (χ4n) is 0.780. The van der Waals surface area contributed by atoms with Crippen LogP contribution < -0.4 is 0 Å². The fourth-order valence-corrected chi connectivity index (χ4v) is 2.69. The van der Waals surface area contributed by atoms with Gasteiger partial charge >= 0.3 is 66.5 Å². The topological polar surface area (TPSA) is 33.0 Å². The van der Waals surface area contributed by atoms with Crippen LogP contribution in [-0.4, -0.2) is 22.1 Å². The van der Waals surface area contributed by atoms with Crippen LogP contribution in [0, 0.1) is 11.3 Å². The Bertz CT molecular complexity index is 183. The summed E-state index contributed by atoms with van der Waals surface area (Å²) in [5.74, 6) is 1.06. The van der Waals surface area contributed by atoms with Gasteiger partial charge in [-0.2, -0.15) is 0 Å². The summed E-state index contributed by atoms with van der Waals surface area (Å²) in [5.41, 5.74) is 0. The molecule has 0 aromatic rings. The van der Waals surface area contributed by atoms with Crippen LogP contribution in [0.3, 0.4) is 0 Å². The standard InChI is InChI=1S/C7H9NOSe/c1-9-6-2-3-7(4-8)10-5-6/h2,7H,3,5H2,1H3.